The van der Waals surface area contributed by atoms with Crippen LogP contribution in [0.1, 0.15) is 72.8 Å². The van der Waals surface area contributed by atoms with E-state index in [0.717, 1.165) is 75.4 Å². The summed E-state index contributed by atoms with van der Waals surface area (Å²) in [5.74, 6) is 1.15. The Balaban J connectivity index is 0.868. The van der Waals surface area contributed by atoms with E-state index in [1.807, 2.05) is 84.7 Å². The minimum atomic E-state index is -1.17. The summed E-state index contributed by atoms with van der Waals surface area (Å²) in [7, 11) is 5.21. The molecule has 4 aromatic carbocycles. The molecular weight excluding hydrogens is 771 g/mol. The van der Waals surface area contributed by atoms with Crippen molar-refractivity contribution in [3.8, 4) is 33.6 Å². The molecule has 2 aliphatic rings. The van der Waals surface area contributed by atoms with Gasteiger partial charge in [-0.15, -0.1) is 0 Å². The summed E-state index contributed by atoms with van der Waals surface area (Å²) in [4.78, 5) is 63.2. The number of aromatic nitrogens is 5. The minimum absolute atomic E-state index is 0.0276. The molecule has 7 aromatic rings. The van der Waals surface area contributed by atoms with E-state index in [1.54, 1.807) is 23.2 Å². The number of likely N-dealkylation sites (tertiary alicyclic amines) is 2. The van der Waals surface area contributed by atoms with Crippen LogP contribution in [0.3, 0.4) is 0 Å². The SMILES string of the molecule is CN(C)C(C(=O)N1CCC[C@H]1c1ncc(-c2ccc(-c3ccc(-c4cnc([C@@H]5CCCN5C(=O)[C@@H](c5ccccc5)N(C)C(=O)O)[nH]4)cc3)cc2)[nH]1)c1noc2ccccc12. The number of nitrogens with one attached hydrogen (secondary N) is 2. The van der Waals surface area contributed by atoms with Crippen molar-refractivity contribution in [2.24, 2.45) is 0 Å². The normalized spacial score (nSPS) is 17.6. The lowest BCUT2D eigenvalue weighted by molar-refractivity contribution is -0.138. The molecule has 310 valence electrons. The van der Waals surface area contributed by atoms with Crippen molar-refractivity contribution >= 4 is 28.9 Å². The van der Waals surface area contributed by atoms with Crippen LogP contribution in [0.5, 0.6) is 0 Å². The second-order valence-electron chi connectivity index (χ2n) is 16.0. The van der Waals surface area contributed by atoms with E-state index in [9.17, 15) is 19.5 Å². The van der Waals surface area contributed by atoms with Crippen molar-refractivity contribution in [1.29, 1.82) is 0 Å². The maximum Gasteiger partial charge on any atom is 0.407 e. The Morgan fingerprint density at radius 1 is 0.672 bits per heavy atom. The Labute approximate surface area is 352 Å². The average molecular weight is 818 g/mol. The predicted molar refractivity (Wildman–Crippen MR) is 230 cm³/mol. The first-order valence-electron chi connectivity index (χ1n) is 20.6. The largest absolute Gasteiger partial charge is 0.465 e. The van der Waals surface area contributed by atoms with E-state index < -0.39 is 18.2 Å². The van der Waals surface area contributed by atoms with Gasteiger partial charge in [-0.2, -0.15) is 0 Å². The van der Waals surface area contributed by atoms with Gasteiger partial charge in [0.2, 0.25) is 5.91 Å². The molecule has 1 unspecified atom stereocenters. The van der Waals surface area contributed by atoms with Gasteiger partial charge in [-0.05, 0) is 79.7 Å². The molecule has 3 N–H and O–H groups in total. The van der Waals surface area contributed by atoms with Crippen molar-refractivity contribution in [3.63, 3.8) is 0 Å². The van der Waals surface area contributed by atoms with Gasteiger partial charge in [-0.1, -0.05) is 96.2 Å². The minimum Gasteiger partial charge on any atom is -0.465 e. The van der Waals surface area contributed by atoms with Crippen LogP contribution >= 0.6 is 0 Å². The molecule has 9 rings (SSSR count). The molecule has 2 fully saturated rings. The quantitative estimate of drug-likeness (QED) is 0.116. The van der Waals surface area contributed by atoms with Crippen LogP contribution in [-0.2, 0) is 9.59 Å². The lowest BCUT2D eigenvalue weighted by atomic mass is 10.0. The Morgan fingerprint density at radius 2 is 1.16 bits per heavy atom. The summed E-state index contributed by atoms with van der Waals surface area (Å²) in [5, 5.41) is 15.0. The molecule has 2 aliphatic heterocycles. The number of carbonyl (C=O) groups excluding carboxylic acids is 2. The molecule has 0 saturated carbocycles. The molecule has 0 spiro atoms. The van der Waals surface area contributed by atoms with Crippen molar-refractivity contribution in [2.45, 2.75) is 49.9 Å². The summed E-state index contributed by atoms with van der Waals surface area (Å²) in [6, 6.07) is 31.2. The zero-order valence-corrected chi connectivity index (χ0v) is 34.2. The van der Waals surface area contributed by atoms with Gasteiger partial charge in [0.25, 0.3) is 5.91 Å². The molecule has 0 radical (unpaired) electrons. The van der Waals surface area contributed by atoms with Crippen LogP contribution in [0, 0.1) is 0 Å². The summed E-state index contributed by atoms with van der Waals surface area (Å²) in [5.41, 5.74) is 7.67. The second-order valence-corrected chi connectivity index (χ2v) is 16.0. The first-order valence-corrected chi connectivity index (χ1v) is 20.6. The van der Waals surface area contributed by atoms with Crippen molar-refractivity contribution in [3.05, 3.63) is 138 Å². The molecule has 2 saturated heterocycles. The smallest absolute Gasteiger partial charge is 0.407 e. The van der Waals surface area contributed by atoms with Gasteiger partial charge in [-0.3, -0.25) is 19.4 Å². The van der Waals surface area contributed by atoms with Crippen LogP contribution < -0.4 is 0 Å². The molecule has 14 nitrogen and oxygen atoms in total. The average Bonchev–Trinajstić information content (AvgIpc) is 4.14. The third-order valence-electron chi connectivity index (χ3n) is 12.1. The number of likely N-dealkylation sites (N-methyl/N-ethyl adjacent to an activating group) is 2. The van der Waals surface area contributed by atoms with Crippen LogP contribution in [0.25, 0.3) is 44.6 Å². The highest BCUT2D eigenvalue weighted by atomic mass is 16.5. The van der Waals surface area contributed by atoms with E-state index in [0.29, 0.717) is 35.8 Å². The summed E-state index contributed by atoms with van der Waals surface area (Å²) < 4.78 is 5.58. The molecule has 4 atom stereocenters. The third-order valence-corrected chi connectivity index (χ3v) is 12.1. The fourth-order valence-corrected chi connectivity index (χ4v) is 8.90. The maximum atomic E-state index is 14.2. The van der Waals surface area contributed by atoms with Crippen molar-refractivity contribution in [1.82, 2.24) is 44.7 Å². The number of imidazole rings is 2. The number of benzene rings is 4. The first-order chi connectivity index (χ1) is 29.7. The Hall–Kier alpha value is -7.06. The fraction of sp³-hybridized carbons (Fsp3) is 0.277. The molecule has 0 bridgehead atoms. The number of carboxylic acid groups (broad SMARTS) is 1. The number of hydrogen-bond acceptors (Lipinski definition) is 8. The molecule has 0 aliphatic carbocycles. The zero-order valence-electron chi connectivity index (χ0n) is 34.2. The topological polar surface area (TPSA) is 168 Å². The predicted octanol–water partition coefficient (Wildman–Crippen LogP) is 8.26. The van der Waals surface area contributed by atoms with E-state index in [1.165, 1.54) is 7.05 Å². The maximum absolute atomic E-state index is 14.2. The number of carbonyl (C=O) groups is 3. The fourth-order valence-electron chi connectivity index (χ4n) is 8.90. The molecule has 14 heteroatoms. The molecule has 61 heavy (non-hydrogen) atoms. The number of hydrogen-bond donors (Lipinski definition) is 3. The Kier molecular flexibility index (Phi) is 10.7. The van der Waals surface area contributed by atoms with Gasteiger partial charge in [0.15, 0.2) is 5.58 Å². The van der Waals surface area contributed by atoms with E-state index >= 15 is 0 Å². The number of para-hydroxylation sites is 1. The van der Waals surface area contributed by atoms with E-state index in [4.69, 9.17) is 14.5 Å². The van der Waals surface area contributed by atoms with Gasteiger partial charge >= 0.3 is 6.09 Å². The second kappa shape index (κ2) is 16.5. The van der Waals surface area contributed by atoms with Gasteiger partial charge in [0.05, 0.1) is 35.9 Å². The summed E-state index contributed by atoms with van der Waals surface area (Å²) in [6.07, 6.45) is 5.67. The van der Waals surface area contributed by atoms with E-state index in [-0.39, 0.29) is 23.9 Å². The molecule has 3 aromatic heterocycles. The number of amides is 3. The molecule has 5 heterocycles. The Morgan fingerprint density at radius 3 is 1.69 bits per heavy atom. The third kappa shape index (κ3) is 7.54. The summed E-state index contributed by atoms with van der Waals surface area (Å²) in [6.45, 7) is 1.16. The van der Waals surface area contributed by atoms with Crippen LogP contribution in [-0.4, -0.2) is 102 Å². The Bertz CT molecular complexity index is 2670. The van der Waals surface area contributed by atoms with Crippen LogP contribution in [0.15, 0.2) is 120 Å². The van der Waals surface area contributed by atoms with Crippen LogP contribution in [0.2, 0.25) is 0 Å². The van der Waals surface area contributed by atoms with Crippen molar-refractivity contribution < 1.29 is 24.0 Å². The van der Waals surface area contributed by atoms with Crippen molar-refractivity contribution in [2.75, 3.05) is 34.2 Å². The van der Waals surface area contributed by atoms with E-state index in [2.05, 4.69) is 51.5 Å². The number of aromatic amines is 2. The van der Waals surface area contributed by atoms with Gasteiger partial charge < -0.3 is 29.4 Å². The lowest BCUT2D eigenvalue weighted by Gasteiger charge is -2.32. The van der Waals surface area contributed by atoms with Gasteiger partial charge in [0.1, 0.15) is 29.4 Å². The molecule has 3 amide bonds. The monoisotopic (exact) mass is 817 g/mol. The lowest BCUT2D eigenvalue weighted by Crippen LogP contribution is -2.43. The standard InChI is InChI=1S/C47H47N9O5/c1-53(2)42(40-34-13-7-8-16-39(34)61-52-40)46(58)56-26-10-15-38(56)44-49-28-36(51-44)32-23-19-30(20-24-32)29-17-21-31(22-18-29)35-27-48-43(50-35)37-14-9-25-55(37)45(57)41(54(3)47(59)60)33-11-5-4-6-12-33/h4-8,11-13,16-24,27-28,37-38,41-42H,9-10,14-15,25-26H2,1-3H3,(H,48,50)(H,49,51)(H,59,60)/t37-,38-,41+,42?/m0/s1. The number of rotatable bonds is 11. The highest BCUT2D eigenvalue weighted by molar-refractivity contribution is 5.90. The van der Waals surface area contributed by atoms with Gasteiger partial charge in [0, 0.05) is 25.5 Å². The highest BCUT2D eigenvalue weighted by Crippen LogP contribution is 2.38. The highest BCUT2D eigenvalue weighted by Gasteiger charge is 2.40. The first kappa shape index (κ1) is 39.4. The molecular formula is C47H47N9O5. The number of H-pyrrole nitrogens is 2. The number of nitrogens with zero attached hydrogens (tertiary/aromatic N) is 7. The van der Waals surface area contributed by atoms with Crippen LogP contribution in [0.4, 0.5) is 4.79 Å². The van der Waals surface area contributed by atoms with Gasteiger partial charge in [-0.25, -0.2) is 14.8 Å². The summed E-state index contributed by atoms with van der Waals surface area (Å²) >= 11 is 0. The zero-order chi connectivity index (χ0) is 42.2. The number of fused-ring (bicyclic) bond motifs is 1.